The van der Waals surface area contributed by atoms with Gasteiger partial charge in [0.05, 0.1) is 16.6 Å². The minimum atomic E-state index is 0.0453. The van der Waals surface area contributed by atoms with E-state index < -0.39 is 0 Å². The van der Waals surface area contributed by atoms with Crippen molar-refractivity contribution in [2.45, 2.75) is 58.0 Å². The molecule has 2 aromatic heterocycles. The summed E-state index contributed by atoms with van der Waals surface area (Å²) in [5.41, 5.74) is 11.4. The summed E-state index contributed by atoms with van der Waals surface area (Å²) in [7, 11) is 3.76. The number of hydrogen-bond donors (Lipinski definition) is 2. The van der Waals surface area contributed by atoms with Crippen LogP contribution in [0.15, 0.2) is 36.4 Å². The number of rotatable bonds is 8. The van der Waals surface area contributed by atoms with Crippen LogP contribution in [0.4, 0.5) is 0 Å². The van der Waals surface area contributed by atoms with E-state index in [2.05, 4.69) is 51.3 Å². The summed E-state index contributed by atoms with van der Waals surface area (Å²) in [6, 6.07) is 13.4. The number of aryl methyl sites for hydroxylation is 3. The minimum absolute atomic E-state index is 0.0453. The highest BCUT2D eigenvalue weighted by Gasteiger charge is 2.24. The average Bonchev–Trinajstić information content (AvgIpc) is 3.37. The van der Waals surface area contributed by atoms with Crippen LogP contribution in [0.3, 0.4) is 0 Å². The third-order valence-electron chi connectivity index (χ3n) is 6.40. The number of carbonyl (C=O) groups is 1. The SMILES string of the molecule is Cc1cc(C(=O)N(C)CCCCCC2CC(c3ccccc3)NN2)c2c(C)nn(C)c2n1. The van der Waals surface area contributed by atoms with Gasteiger partial charge < -0.3 is 4.90 Å². The van der Waals surface area contributed by atoms with Crippen molar-refractivity contribution in [3.63, 3.8) is 0 Å². The summed E-state index contributed by atoms with van der Waals surface area (Å²) in [5, 5.41) is 5.32. The van der Waals surface area contributed by atoms with Crippen LogP contribution in [-0.2, 0) is 7.05 Å². The number of unbranched alkanes of at least 4 members (excludes halogenated alkanes) is 2. The maximum absolute atomic E-state index is 13.2. The molecule has 0 radical (unpaired) electrons. The van der Waals surface area contributed by atoms with E-state index in [4.69, 9.17) is 0 Å². The van der Waals surface area contributed by atoms with Crippen molar-refractivity contribution < 1.29 is 4.79 Å². The van der Waals surface area contributed by atoms with E-state index in [0.29, 0.717) is 17.6 Å². The first-order valence-corrected chi connectivity index (χ1v) is 11.6. The first-order valence-electron chi connectivity index (χ1n) is 11.6. The van der Waals surface area contributed by atoms with Crippen LogP contribution in [0.25, 0.3) is 11.0 Å². The molecule has 2 atom stereocenters. The number of benzene rings is 1. The summed E-state index contributed by atoms with van der Waals surface area (Å²) in [6.45, 7) is 4.61. The first kappa shape index (κ1) is 22.4. The average molecular weight is 435 g/mol. The fourth-order valence-electron chi connectivity index (χ4n) is 4.68. The molecule has 7 nitrogen and oxygen atoms in total. The van der Waals surface area contributed by atoms with E-state index in [1.165, 1.54) is 5.56 Å². The van der Waals surface area contributed by atoms with Crippen LogP contribution < -0.4 is 10.9 Å². The van der Waals surface area contributed by atoms with Gasteiger partial charge in [-0.3, -0.25) is 20.3 Å². The van der Waals surface area contributed by atoms with Gasteiger partial charge in [0.15, 0.2) is 5.65 Å². The number of amides is 1. The lowest BCUT2D eigenvalue weighted by atomic mass is 9.99. The Morgan fingerprint density at radius 2 is 1.94 bits per heavy atom. The van der Waals surface area contributed by atoms with E-state index in [1.807, 2.05) is 38.9 Å². The molecule has 2 unspecified atom stereocenters. The highest BCUT2D eigenvalue weighted by molar-refractivity contribution is 6.06. The maximum atomic E-state index is 13.2. The molecule has 4 rings (SSSR count). The third kappa shape index (κ3) is 4.84. The molecule has 1 fully saturated rings. The van der Waals surface area contributed by atoms with Crippen molar-refractivity contribution in [1.29, 1.82) is 0 Å². The Labute approximate surface area is 190 Å². The van der Waals surface area contributed by atoms with Crippen molar-refractivity contribution in [1.82, 2.24) is 30.5 Å². The number of pyridine rings is 1. The topological polar surface area (TPSA) is 75.1 Å². The summed E-state index contributed by atoms with van der Waals surface area (Å²) < 4.78 is 1.75. The first-order chi connectivity index (χ1) is 15.4. The summed E-state index contributed by atoms with van der Waals surface area (Å²) in [4.78, 5) is 19.6. The Balaban J connectivity index is 1.24. The molecule has 7 heteroatoms. The van der Waals surface area contributed by atoms with Gasteiger partial charge in [-0.05, 0) is 44.7 Å². The molecule has 0 spiro atoms. The molecule has 3 heterocycles. The van der Waals surface area contributed by atoms with Crippen molar-refractivity contribution in [2.24, 2.45) is 7.05 Å². The molecule has 1 aromatic carbocycles. The third-order valence-corrected chi connectivity index (χ3v) is 6.40. The van der Waals surface area contributed by atoms with Crippen molar-refractivity contribution in [2.75, 3.05) is 13.6 Å². The Morgan fingerprint density at radius 3 is 2.72 bits per heavy atom. The molecule has 1 aliphatic rings. The van der Waals surface area contributed by atoms with Crippen LogP contribution in [0.1, 0.15) is 65.5 Å². The molecule has 1 aliphatic heterocycles. The molecule has 2 N–H and O–H groups in total. The van der Waals surface area contributed by atoms with Gasteiger partial charge in [0, 0.05) is 38.4 Å². The molecule has 1 saturated heterocycles. The Kier molecular flexibility index (Phi) is 6.86. The lowest BCUT2D eigenvalue weighted by Crippen LogP contribution is -2.31. The monoisotopic (exact) mass is 434 g/mol. The van der Waals surface area contributed by atoms with Gasteiger partial charge in [0.1, 0.15) is 0 Å². The van der Waals surface area contributed by atoms with Gasteiger partial charge in [0.25, 0.3) is 5.91 Å². The largest absolute Gasteiger partial charge is 0.342 e. The zero-order valence-corrected chi connectivity index (χ0v) is 19.6. The number of aromatic nitrogens is 3. The quantitative estimate of drug-likeness (QED) is 0.527. The summed E-state index contributed by atoms with van der Waals surface area (Å²) >= 11 is 0. The summed E-state index contributed by atoms with van der Waals surface area (Å²) in [5.74, 6) is 0.0453. The smallest absolute Gasteiger partial charge is 0.254 e. The molecule has 170 valence electrons. The van der Waals surface area contributed by atoms with Crippen LogP contribution in [0, 0.1) is 13.8 Å². The fraction of sp³-hybridized carbons (Fsp3) is 0.480. The number of nitrogens with one attached hydrogen (secondary N) is 2. The van der Waals surface area contributed by atoms with E-state index in [0.717, 1.165) is 61.1 Å². The van der Waals surface area contributed by atoms with Crippen LogP contribution >= 0.6 is 0 Å². The van der Waals surface area contributed by atoms with Gasteiger partial charge in [0.2, 0.25) is 0 Å². The number of fused-ring (bicyclic) bond motifs is 1. The molecule has 3 aromatic rings. The molecule has 1 amide bonds. The maximum Gasteiger partial charge on any atom is 0.254 e. The van der Waals surface area contributed by atoms with Gasteiger partial charge in [-0.2, -0.15) is 5.10 Å². The predicted octanol–water partition coefficient (Wildman–Crippen LogP) is 3.83. The van der Waals surface area contributed by atoms with E-state index in [9.17, 15) is 4.79 Å². The number of nitrogens with zero attached hydrogens (tertiary/aromatic N) is 4. The predicted molar refractivity (Wildman–Crippen MR) is 127 cm³/mol. The minimum Gasteiger partial charge on any atom is -0.342 e. The van der Waals surface area contributed by atoms with E-state index in [1.54, 1.807) is 4.68 Å². The molecule has 0 bridgehead atoms. The normalized spacial score (nSPS) is 18.4. The van der Waals surface area contributed by atoms with Crippen molar-refractivity contribution in [3.8, 4) is 0 Å². The van der Waals surface area contributed by atoms with Crippen LogP contribution in [0.2, 0.25) is 0 Å². The van der Waals surface area contributed by atoms with Gasteiger partial charge in [-0.1, -0.05) is 43.2 Å². The molecule has 32 heavy (non-hydrogen) atoms. The van der Waals surface area contributed by atoms with Crippen LogP contribution in [0.5, 0.6) is 0 Å². The molecular formula is C25H34N6O. The zero-order valence-electron chi connectivity index (χ0n) is 19.6. The van der Waals surface area contributed by atoms with Gasteiger partial charge in [-0.15, -0.1) is 0 Å². The van der Waals surface area contributed by atoms with E-state index in [-0.39, 0.29) is 5.91 Å². The lowest BCUT2D eigenvalue weighted by molar-refractivity contribution is 0.0794. The van der Waals surface area contributed by atoms with Gasteiger partial charge >= 0.3 is 0 Å². The molecule has 0 aliphatic carbocycles. The highest BCUT2D eigenvalue weighted by atomic mass is 16.2. The second-order valence-corrected chi connectivity index (χ2v) is 8.98. The van der Waals surface area contributed by atoms with Crippen molar-refractivity contribution in [3.05, 3.63) is 58.9 Å². The Bertz CT molecular complexity index is 1080. The van der Waals surface area contributed by atoms with Crippen molar-refractivity contribution >= 4 is 16.9 Å². The second kappa shape index (κ2) is 9.79. The Hall–Kier alpha value is -2.77. The molecular weight excluding hydrogens is 400 g/mol. The second-order valence-electron chi connectivity index (χ2n) is 8.98. The highest BCUT2D eigenvalue weighted by Crippen LogP contribution is 2.25. The molecule has 0 saturated carbocycles. The zero-order chi connectivity index (χ0) is 22.7. The van der Waals surface area contributed by atoms with E-state index >= 15 is 0 Å². The number of carbonyl (C=O) groups excluding carboxylic acids is 1. The van der Waals surface area contributed by atoms with Gasteiger partial charge in [-0.25, -0.2) is 4.98 Å². The number of hydrazine groups is 1. The Morgan fingerprint density at radius 1 is 1.16 bits per heavy atom. The fourth-order valence-corrected chi connectivity index (χ4v) is 4.68. The number of hydrogen-bond acceptors (Lipinski definition) is 5. The summed E-state index contributed by atoms with van der Waals surface area (Å²) in [6.07, 6.45) is 5.53. The lowest BCUT2D eigenvalue weighted by Gasteiger charge is -2.18. The standard InChI is InChI=1S/C25H34N6O/c1-17-15-21(23-18(2)29-31(4)24(23)26-17)25(32)30(3)14-10-6-9-13-20-16-22(28-27-20)19-11-7-5-8-12-19/h5,7-8,11-12,15,20,22,27-28H,6,9-10,13-14,16H2,1-4H3. The van der Waals surface area contributed by atoms with Crippen LogP contribution in [-0.4, -0.2) is 45.2 Å².